The van der Waals surface area contributed by atoms with Gasteiger partial charge in [0.25, 0.3) is 0 Å². The van der Waals surface area contributed by atoms with Crippen LogP contribution in [0.2, 0.25) is 0 Å². The molecule has 0 aromatic heterocycles. The van der Waals surface area contributed by atoms with Crippen LogP contribution in [-0.4, -0.2) is 50.8 Å². The zero-order chi connectivity index (χ0) is 9.52. The van der Waals surface area contributed by atoms with Crippen molar-refractivity contribution in [3.63, 3.8) is 0 Å². The molecule has 0 radical (unpaired) electrons. The Balaban J connectivity index is 1.99. The van der Waals surface area contributed by atoms with E-state index in [9.17, 15) is 0 Å². The highest BCUT2D eigenvalue weighted by atomic mass is 16.5. The van der Waals surface area contributed by atoms with Crippen molar-refractivity contribution in [3.8, 4) is 0 Å². The molecule has 0 bridgehead atoms. The third kappa shape index (κ3) is 4.60. The van der Waals surface area contributed by atoms with Crippen molar-refractivity contribution >= 4 is 0 Å². The molecule has 1 aliphatic rings. The van der Waals surface area contributed by atoms with Crippen LogP contribution in [0.4, 0.5) is 0 Å². The van der Waals surface area contributed by atoms with Gasteiger partial charge in [0.05, 0.1) is 6.61 Å². The third-order valence-corrected chi connectivity index (χ3v) is 2.52. The molecule has 1 atom stereocenters. The molecule has 78 valence electrons. The minimum atomic E-state index is 0.714. The van der Waals surface area contributed by atoms with E-state index >= 15 is 0 Å². The summed E-state index contributed by atoms with van der Waals surface area (Å²) in [7, 11) is 2.17. The number of nitrogens with one attached hydrogen (secondary N) is 1. The summed E-state index contributed by atoms with van der Waals surface area (Å²) in [5, 5.41) is 3.50. The van der Waals surface area contributed by atoms with Crippen LogP contribution in [0.3, 0.4) is 0 Å². The average Bonchev–Trinajstić information content (AvgIpc) is 2.57. The van der Waals surface area contributed by atoms with Gasteiger partial charge in [-0.05, 0) is 33.4 Å². The second-order valence-electron chi connectivity index (χ2n) is 3.75. The molecule has 3 nitrogen and oxygen atoms in total. The molecule has 0 amide bonds. The molecule has 0 aliphatic carbocycles. The van der Waals surface area contributed by atoms with Gasteiger partial charge in [-0.2, -0.15) is 0 Å². The van der Waals surface area contributed by atoms with E-state index in [4.69, 9.17) is 4.74 Å². The van der Waals surface area contributed by atoms with E-state index in [0.717, 1.165) is 26.3 Å². The molecular weight excluding hydrogens is 164 g/mol. The van der Waals surface area contributed by atoms with Gasteiger partial charge in [0, 0.05) is 25.7 Å². The van der Waals surface area contributed by atoms with Gasteiger partial charge in [0.2, 0.25) is 0 Å². The van der Waals surface area contributed by atoms with Crippen LogP contribution in [0, 0.1) is 0 Å². The van der Waals surface area contributed by atoms with Gasteiger partial charge < -0.3 is 15.0 Å². The maximum atomic E-state index is 5.31. The number of nitrogens with zero attached hydrogens (tertiary/aromatic N) is 1. The predicted molar refractivity (Wildman–Crippen MR) is 55.0 cm³/mol. The van der Waals surface area contributed by atoms with Crippen molar-refractivity contribution in [2.24, 2.45) is 0 Å². The second kappa shape index (κ2) is 6.35. The Morgan fingerprint density at radius 1 is 1.54 bits per heavy atom. The van der Waals surface area contributed by atoms with E-state index in [1.807, 2.05) is 6.92 Å². The number of ether oxygens (including phenoxy) is 1. The summed E-state index contributed by atoms with van der Waals surface area (Å²) in [6, 6.07) is 0.714. The van der Waals surface area contributed by atoms with Gasteiger partial charge in [-0.25, -0.2) is 0 Å². The molecule has 0 unspecified atom stereocenters. The van der Waals surface area contributed by atoms with Crippen LogP contribution in [0.15, 0.2) is 0 Å². The standard InChI is InChI=1S/C10H22N2O/c1-3-13-8-7-12(2)9-10-5-4-6-11-10/h10-11H,3-9H2,1-2H3/t10-/m1/s1. The lowest BCUT2D eigenvalue weighted by Crippen LogP contribution is -2.36. The van der Waals surface area contributed by atoms with E-state index in [1.54, 1.807) is 0 Å². The molecule has 0 saturated carbocycles. The second-order valence-corrected chi connectivity index (χ2v) is 3.75. The molecule has 0 spiro atoms. The fourth-order valence-corrected chi connectivity index (χ4v) is 1.74. The van der Waals surface area contributed by atoms with Crippen molar-refractivity contribution in [1.29, 1.82) is 0 Å². The number of rotatable bonds is 6. The van der Waals surface area contributed by atoms with Crippen LogP contribution >= 0.6 is 0 Å². The van der Waals surface area contributed by atoms with Crippen molar-refractivity contribution in [2.75, 3.05) is 39.9 Å². The first-order chi connectivity index (χ1) is 6.33. The number of likely N-dealkylation sites (N-methyl/N-ethyl adjacent to an activating group) is 1. The van der Waals surface area contributed by atoms with Crippen molar-refractivity contribution < 1.29 is 4.74 Å². The van der Waals surface area contributed by atoms with Gasteiger partial charge in [0.1, 0.15) is 0 Å². The molecule has 0 aromatic carbocycles. The Morgan fingerprint density at radius 2 is 2.38 bits per heavy atom. The Bertz CT molecular complexity index is 124. The smallest absolute Gasteiger partial charge is 0.0593 e. The van der Waals surface area contributed by atoms with Crippen LogP contribution in [0.25, 0.3) is 0 Å². The summed E-state index contributed by atoms with van der Waals surface area (Å²) in [6.07, 6.45) is 2.67. The fourth-order valence-electron chi connectivity index (χ4n) is 1.74. The molecule has 1 aliphatic heterocycles. The highest BCUT2D eigenvalue weighted by Crippen LogP contribution is 2.05. The minimum Gasteiger partial charge on any atom is -0.380 e. The van der Waals surface area contributed by atoms with E-state index in [0.29, 0.717) is 6.04 Å². The number of hydrogen-bond donors (Lipinski definition) is 1. The number of hydrogen-bond acceptors (Lipinski definition) is 3. The summed E-state index contributed by atoms with van der Waals surface area (Å²) < 4.78 is 5.31. The maximum absolute atomic E-state index is 5.31. The van der Waals surface area contributed by atoms with E-state index in [1.165, 1.54) is 19.4 Å². The minimum absolute atomic E-state index is 0.714. The molecule has 13 heavy (non-hydrogen) atoms. The van der Waals surface area contributed by atoms with Crippen LogP contribution in [0.1, 0.15) is 19.8 Å². The zero-order valence-electron chi connectivity index (χ0n) is 8.88. The van der Waals surface area contributed by atoms with Crippen LogP contribution in [0.5, 0.6) is 0 Å². The molecule has 3 heteroatoms. The summed E-state index contributed by atoms with van der Waals surface area (Å²) in [6.45, 7) is 7.14. The molecule has 1 heterocycles. The normalized spacial score (nSPS) is 22.8. The highest BCUT2D eigenvalue weighted by Gasteiger charge is 2.15. The summed E-state index contributed by atoms with van der Waals surface area (Å²) in [4.78, 5) is 2.35. The Kier molecular flexibility index (Phi) is 5.35. The summed E-state index contributed by atoms with van der Waals surface area (Å²) in [5.41, 5.74) is 0. The van der Waals surface area contributed by atoms with E-state index < -0.39 is 0 Å². The Hall–Kier alpha value is -0.120. The van der Waals surface area contributed by atoms with Gasteiger partial charge >= 0.3 is 0 Å². The third-order valence-electron chi connectivity index (χ3n) is 2.52. The molecule has 1 fully saturated rings. The lowest BCUT2D eigenvalue weighted by atomic mass is 10.2. The first-order valence-corrected chi connectivity index (χ1v) is 5.32. The molecule has 1 N–H and O–H groups in total. The first kappa shape index (κ1) is 11.0. The van der Waals surface area contributed by atoms with Crippen LogP contribution in [-0.2, 0) is 4.74 Å². The van der Waals surface area contributed by atoms with E-state index in [-0.39, 0.29) is 0 Å². The molecular formula is C10H22N2O. The van der Waals surface area contributed by atoms with Crippen molar-refractivity contribution in [1.82, 2.24) is 10.2 Å². The molecule has 1 saturated heterocycles. The van der Waals surface area contributed by atoms with Gasteiger partial charge in [-0.1, -0.05) is 0 Å². The highest BCUT2D eigenvalue weighted by molar-refractivity contribution is 4.76. The first-order valence-electron chi connectivity index (χ1n) is 5.32. The van der Waals surface area contributed by atoms with Crippen LogP contribution < -0.4 is 5.32 Å². The SMILES string of the molecule is CCOCCN(C)C[C@H]1CCCN1. The fraction of sp³-hybridized carbons (Fsp3) is 1.00. The predicted octanol–water partition coefficient (Wildman–Crippen LogP) is 0.707. The van der Waals surface area contributed by atoms with Crippen molar-refractivity contribution in [2.45, 2.75) is 25.8 Å². The quantitative estimate of drug-likeness (QED) is 0.618. The van der Waals surface area contributed by atoms with Gasteiger partial charge in [-0.15, -0.1) is 0 Å². The Morgan fingerprint density at radius 3 is 3.00 bits per heavy atom. The zero-order valence-corrected chi connectivity index (χ0v) is 8.88. The van der Waals surface area contributed by atoms with E-state index in [2.05, 4.69) is 17.3 Å². The van der Waals surface area contributed by atoms with Gasteiger partial charge in [0.15, 0.2) is 0 Å². The largest absolute Gasteiger partial charge is 0.380 e. The lowest BCUT2D eigenvalue weighted by molar-refractivity contribution is 0.119. The topological polar surface area (TPSA) is 24.5 Å². The summed E-state index contributed by atoms with van der Waals surface area (Å²) >= 11 is 0. The molecule has 1 rings (SSSR count). The lowest BCUT2D eigenvalue weighted by Gasteiger charge is -2.20. The molecule has 0 aromatic rings. The monoisotopic (exact) mass is 186 g/mol. The Labute approximate surface area is 81.4 Å². The van der Waals surface area contributed by atoms with Crippen molar-refractivity contribution in [3.05, 3.63) is 0 Å². The average molecular weight is 186 g/mol. The van der Waals surface area contributed by atoms with Gasteiger partial charge in [-0.3, -0.25) is 0 Å². The maximum Gasteiger partial charge on any atom is 0.0593 e. The summed E-state index contributed by atoms with van der Waals surface area (Å²) in [5.74, 6) is 0.